The number of phenols is 1. The predicted molar refractivity (Wildman–Crippen MR) is 76.5 cm³/mol. The molecule has 21 heavy (non-hydrogen) atoms. The highest BCUT2D eigenvalue weighted by Gasteiger charge is 2.15. The molecule has 0 fully saturated rings. The maximum absolute atomic E-state index is 11.8. The minimum Gasteiger partial charge on any atom is -0.502 e. The van der Waals surface area contributed by atoms with Gasteiger partial charge in [0, 0.05) is 24.7 Å². The van der Waals surface area contributed by atoms with Gasteiger partial charge in [-0.1, -0.05) is 0 Å². The molecule has 0 atom stereocenters. The number of carbonyl (C=O) groups excluding carboxylic acids is 1. The highest BCUT2D eigenvalue weighted by molar-refractivity contribution is 5.95. The molecule has 0 unspecified atom stereocenters. The lowest BCUT2D eigenvalue weighted by Crippen LogP contribution is -2.28. The average molecular weight is 297 g/mol. The van der Waals surface area contributed by atoms with Crippen molar-refractivity contribution in [3.05, 3.63) is 33.9 Å². The first-order valence-corrected chi connectivity index (χ1v) is 6.40. The van der Waals surface area contributed by atoms with Gasteiger partial charge in [-0.25, -0.2) is 0 Å². The van der Waals surface area contributed by atoms with Crippen LogP contribution in [-0.4, -0.2) is 61.2 Å². The number of nitro groups is 1. The van der Waals surface area contributed by atoms with Crippen molar-refractivity contribution in [1.82, 2.24) is 10.2 Å². The summed E-state index contributed by atoms with van der Waals surface area (Å²) in [5.74, 6) is -0.953. The molecule has 0 radical (unpaired) electrons. The number of hydrogen-bond acceptors (Lipinski definition) is 6. The van der Waals surface area contributed by atoms with Gasteiger partial charge in [0.15, 0.2) is 5.75 Å². The minimum absolute atomic E-state index is 0.159. The van der Waals surface area contributed by atoms with E-state index in [4.69, 9.17) is 4.74 Å². The van der Waals surface area contributed by atoms with E-state index in [1.54, 1.807) is 0 Å². The number of rotatable bonds is 8. The van der Waals surface area contributed by atoms with E-state index in [-0.39, 0.29) is 5.56 Å². The van der Waals surface area contributed by atoms with E-state index in [1.807, 2.05) is 19.0 Å². The Hall–Kier alpha value is -2.19. The lowest BCUT2D eigenvalue weighted by atomic mass is 10.2. The zero-order chi connectivity index (χ0) is 15.8. The monoisotopic (exact) mass is 297 g/mol. The summed E-state index contributed by atoms with van der Waals surface area (Å²) in [6, 6.07) is 3.46. The smallest absolute Gasteiger partial charge is 0.310 e. The van der Waals surface area contributed by atoms with Gasteiger partial charge in [-0.05, 0) is 26.2 Å². The molecule has 8 nitrogen and oxygen atoms in total. The van der Waals surface area contributed by atoms with E-state index in [0.29, 0.717) is 19.8 Å². The molecule has 116 valence electrons. The van der Waals surface area contributed by atoms with E-state index < -0.39 is 22.3 Å². The van der Waals surface area contributed by atoms with Gasteiger partial charge in [0.2, 0.25) is 0 Å². The second kappa shape index (κ2) is 8.18. The molecule has 0 bridgehead atoms. The van der Waals surface area contributed by atoms with Crippen molar-refractivity contribution in [2.24, 2.45) is 0 Å². The predicted octanol–water partition coefficient (Wildman–Crippen LogP) is 0.608. The zero-order valence-electron chi connectivity index (χ0n) is 12.0. The third-order valence-electron chi connectivity index (χ3n) is 2.65. The fraction of sp³-hybridized carbons (Fsp3) is 0.462. The third-order valence-corrected chi connectivity index (χ3v) is 2.65. The number of aromatic hydroxyl groups is 1. The van der Waals surface area contributed by atoms with Crippen molar-refractivity contribution < 1.29 is 19.6 Å². The van der Waals surface area contributed by atoms with Crippen molar-refractivity contribution in [2.75, 3.05) is 40.4 Å². The molecule has 0 spiro atoms. The molecule has 1 amide bonds. The first kappa shape index (κ1) is 16.9. The zero-order valence-corrected chi connectivity index (χ0v) is 12.0. The van der Waals surface area contributed by atoms with Crippen LogP contribution in [0, 0.1) is 10.1 Å². The summed E-state index contributed by atoms with van der Waals surface area (Å²) in [6.07, 6.45) is 0. The largest absolute Gasteiger partial charge is 0.502 e. The molecule has 0 aliphatic heterocycles. The lowest BCUT2D eigenvalue weighted by molar-refractivity contribution is -0.385. The summed E-state index contributed by atoms with van der Waals surface area (Å²) >= 11 is 0. The quantitative estimate of drug-likeness (QED) is 0.414. The molecule has 0 aromatic heterocycles. The molecule has 0 saturated heterocycles. The highest BCUT2D eigenvalue weighted by atomic mass is 16.6. The molecule has 1 rings (SSSR count). The summed E-state index contributed by atoms with van der Waals surface area (Å²) in [6.45, 7) is 2.06. The Morgan fingerprint density at radius 2 is 2.14 bits per heavy atom. The van der Waals surface area contributed by atoms with Crippen molar-refractivity contribution in [3.63, 3.8) is 0 Å². The van der Waals surface area contributed by atoms with Crippen LogP contribution in [0.25, 0.3) is 0 Å². The Labute approximate surface area is 122 Å². The van der Waals surface area contributed by atoms with E-state index in [0.717, 1.165) is 18.7 Å². The molecule has 1 aromatic carbocycles. The molecule has 8 heteroatoms. The van der Waals surface area contributed by atoms with Crippen LogP contribution < -0.4 is 5.32 Å². The van der Waals surface area contributed by atoms with E-state index in [1.165, 1.54) is 6.07 Å². The van der Waals surface area contributed by atoms with Gasteiger partial charge in [0.05, 0.1) is 18.1 Å². The molecule has 0 aliphatic rings. The second-order valence-electron chi connectivity index (χ2n) is 4.63. The molecule has 1 aromatic rings. The van der Waals surface area contributed by atoms with Crippen LogP contribution in [-0.2, 0) is 4.74 Å². The number of likely N-dealkylation sites (N-methyl/N-ethyl adjacent to an activating group) is 1. The summed E-state index contributed by atoms with van der Waals surface area (Å²) in [7, 11) is 3.87. The molecular formula is C13H19N3O5. The van der Waals surface area contributed by atoms with Gasteiger partial charge in [0.1, 0.15) is 0 Å². The fourth-order valence-corrected chi connectivity index (χ4v) is 1.51. The molecular weight excluding hydrogens is 278 g/mol. The number of hydrogen-bond donors (Lipinski definition) is 2. The van der Waals surface area contributed by atoms with Gasteiger partial charge < -0.3 is 20.1 Å². The standard InChI is InChI=1S/C13H19N3O5/c1-15(2)6-8-21-7-5-14-13(18)10-3-4-11(16(19)20)12(17)9-10/h3-4,9,17H,5-8H2,1-2H3,(H,14,18). The van der Waals surface area contributed by atoms with Gasteiger partial charge in [-0.15, -0.1) is 0 Å². The number of nitro benzene ring substituents is 1. The van der Waals surface area contributed by atoms with Crippen LogP contribution in [0.4, 0.5) is 5.69 Å². The second-order valence-corrected chi connectivity index (χ2v) is 4.63. The molecule has 0 saturated carbocycles. The number of carbonyl (C=O) groups is 1. The Morgan fingerprint density at radius 1 is 1.43 bits per heavy atom. The number of amides is 1. The number of phenolic OH excluding ortho intramolecular Hbond substituents is 1. The van der Waals surface area contributed by atoms with Gasteiger partial charge in [-0.2, -0.15) is 0 Å². The Kier molecular flexibility index (Phi) is 6.57. The maximum atomic E-state index is 11.8. The van der Waals surface area contributed by atoms with Crippen molar-refractivity contribution in [1.29, 1.82) is 0 Å². The SMILES string of the molecule is CN(C)CCOCCNC(=O)c1ccc([N+](=O)[O-])c(O)c1. The molecule has 0 aliphatic carbocycles. The highest BCUT2D eigenvalue weighted by Crippen LogP contribution is 2.25. The number of nitrogens with one attached hydrogen (secondary N) is 1. The first-order valence-electron chi connectivity index (χ1n) is 6.40. The van der Waals surface area contributed by atoms with Crippen LogP contribution in [0.1, 0.15) is 10.4 Å². The van der Waals surface area contributed by atoms with Crippen LogP contribution in [0.15, 0.2) is 18.2 Å². The fourth-order valence-electron chi connectivity index (χ4n) is 1.51. The normalized spacial score (nSPS) is 10.6. The topological polar surface area (TPSA) is 105 Å². The van der Waals surface area contributed by atoms with Crippen molar-refractivity contribution in [3.8, 4) is 5.75 Å². The minimum atomic E-state index is -0.713. The third kappa shape index (κ3) is 5.76. The summed E-state index contributed by atoms with van der Waals surface area (Å²) in [5, 5.41) is 22.6. The summed E-state index contributed by atoms with van der Waals surface area (Å²) < 4.78 is 5.31. The van der Waals surface area contributed by atoms with Gasteiger partial charge in [0.25, 0.3) is 5.91 Å². The molecule has 0 heterocycles. The van der Waals surface area contributed by atoms with Crippen LogP contribution in [0.2, 0.25) is 0 Å². The van der Waals surface area contributed by atoms with E-state index in [2.05, 4.69) is 5.32 Å². The summed E-state index contributed by atoms with van der Waals surface area (Å²) in [5.41, 5.74) is -0.273. The average Bonchev–Trinajstić information content (AvgIpc) is 2.41. The number of benzene rings is 1. The van der Waals surface area contributed by atoms with Crippen LogP contribution in [0.5, 0.6) is 5.75 Å². The number of nitrogens with zero attached hydrogens (tertiary/aromatic N) is 2. The Bertz CT molecular complexity index is 505. The van der Waals surface area contributed by atoms with Gasteiger partial charge in [-0.3, -0.25) is 14.9 Å². The van der Waals surface area contributed by atoms with E-state index >= 15 is 0 Å². The van der Waals surface area contributed by atoms with Crippen LogP contribution in [0.3, 0.4) is 0 Å². The maximum Gasteiger partial charge on any atom is 0.310 e. The van der Waals surface area contributed by atoms with Crippen molar-refractivity contribution >= 4 is 11.6 Å². The first-order chi connectivity index (χ1) is 9.91. The van der Waals surface area contributed by atoms with Crippen LogP contribution >= 0.6 is 0 Å². The summed E-state index contributed by atoms with van der Waals surface area (Å²) in [4.78, 5) is 23.6. The Balaban J connectivity index is 2.39. The van der Waals surface area contributed by atoms with Gasteiger partial charge >= 0.3 is 5.69 Å². The van der Waals surface area contributed by atoms with E-state index in [9.17, 15) is 20.0 Å². The number of ether oxygens (including phenoxy) is 1. The Morgan fingerprint density at radius 3 is 2.71 bits per heavy atom. The van der Waals surface area contributed by atoms with Crippen molar-refractivity contribution in [2.45, 2.75) is 0 Å². The lowest BCUT2D eigenvalue weighted by Gasteiger charge is -2.10. The molecule has 2 N–H and O–H groups in total.